The third kappa shape index (κ3) is 3.02. The monoisotopic (exact) mass is 411 g/mol. The van der Waals surface area contributed by atoms with Crippen molar-refractivity contribution < 1.29 is 19.0 Å². The molecule has 2 aliphatic rings. The first-order valence-electron chi connectivity index (χ1n) is 9.98. The van der Waals surface area contributed by atoms with E-state index in [-0.39, 0.29) is 6.04 Å². The van der Waals surface area contributed by atoms with Crippen LogP contribution in [0.15, 0.2) is 84.2 Å². The van der Waals surface area contributed by atoms with Gasteiger partial charge in [-0.1, -0.05) is 48.6 Å². The Kier molecular flexibility index (Phi) is 4.60. The van der Waals surface area contributed by atoms with Gasteiger partial charge >= 0.3 is 5.97 Å². The Morgan fingerprint density at radius 2 is 1.84 bits per heavy atom. The van der Waals surface area contributed by atoms with Crippen molar-refractivity contribution in [1.29, 1.82) is 0 Å². The number of hydrogen-bond donors (Lipinski definition) is 1. The lowest BCUT2D eigenvalue weighted by atomic mass is 9.84. The van der Waals surface area contributed by atoms with Crippen LogP contribution in [-0.2, 0) is 4.74 Å². The molecular formula is C26H21NO4. The molecule has 0 spiro atoms. The van der Waals surface area contributed by atoms with Crippen LogP contribution in [0, 0.1) is 0 Å². The molecule has 0 fully saturated rings. The summed E-state index contributed by atoms with van der Waals surface area (Å²) in [5.74, 6) is 1.67. The van der Waals surface area contributed by atoms with Gasteiger partial charge in [0.15, 0.2) is 0 Å². The maximum atomic E-state index is 12.6. The van der Waals surface area contributed by atoms with Crippen LogP contribution in [0.3, 0.4) is 0 Å². The number of rotatable bonds is 3. The molecule has 3 aromatic carbocycles. The molecule has 0 aromatic heterocycles. The SMILES string of the molecule is COC(=O)c1ccccc1C1=C2C=CC(N)C=C2Oc2c1ccc1cccc(OC)c21. The van der Waals surface area contributed by atoms with Crippen molar-refractivity contribution in [2.24, 2.45) is 5.73 Å². The number of esters is 1. The quantitative estimate of drug-likeness (QED) is 0.638. The van der Waals surface area contributed by atoms with Crippen LogP contribution in [-0.4, -0.2) is 26.2 Å². The van der Waals surface area contributed by atoms with E-state index in [1.165, 1.54) is 7.11 Å². The average Bonchev–Trinajstić information content (AvgIpc) is 2.81. The van der Waals surface area contributed by atoms with Gasteiger partial charge in [0.1, 0.15) is 17.3 Å². The predicted molar refractivity (Wildman–Crippen MR) is 120 cm³/mol. The lowest BCUT2D eigenvalue weighted by Gasteiger charge is -2.29. The van der Waals surface area contributed by atoms with Gasteiger partial charge in [0, 0.05) is 22.8 Å². The smallest absolute Gasteiger partial charge is 0.338 e. The summed E-state index contributed by atoms with van der Waals surface area (Å²) >= 11 is 0. The van der Waals surface area contributed by atoms with Crippen molar-refractivity contribution in [3.8, 4) is 11.5 Å². The molecular weight excluding hydrogens is 390 g/mol. The molecule has 1 atom stereocenters. The zero-order valence-electron chi connectivity index (χ0n) is 17.2. The number of carbonyl (C=O) groups excluding carboxylic acids is 1. The lowest BCUT2D eigenvalue weighted by Crippen LogP contribution is -2.22. The summed E-state index contributed by atoms with van der Waals surface area (Å²) in [7, 11) is 3.03. The standard InChI is InChI=1S/C26H21NO4/c1-29-21-9-5-6-15-10-12-20-24(17-7-3-4-8-18(17)26(28)30-2)19-13-11-16(27)14-22(19)31-25(20)23(15)21/h3-14,16H,27H2,1-2H3. The molecule has 154 valence electrons. The van der Waals surface area contributed by atoms with E-state index in [1.54, 1.807) is 13.2 Å². The van der Waals surface area contributed by atoms with Gasteiger partial charge in [0.2, 0.25) is 0 Å². The first kappa shape index (κ1) is 19.2. The van der Waals surface area contributed by atoms with Crippen LogP contribution < -0.4 is 15.2 Å². The fraction of sp³-hybridized carbons (Fsp3) is 0.115. The topological polar surface area (TPSA) is 70.8 Å². The third-order valence-corrected chi connectivity index (χ3v) is 5.63. The second-order valence-corrected chi connectivity index (χ2v) is 7.40. The van der Waals surface area contributed by atoms with Crippen molar-refractivity contribution in [1.82, 2.24) is 0 Å². The molecule has 0 saturated heterocycles. The van der Waals surface area contributed by atoms with Gasteiger partial charge in [-0.3, -0.25) is 0 Å². The maximum absolute atomic E-state index is 12.6. The highest BCUT2D eigenvalue weighted by Crippen LogP contribution is 2.48. The molecule has 0 radical (unpaired) electrons. The Morgan fingerprint density at radius 3 is 2.65 bits per heavy atom. The lowest BCUT2D eigenvalue weighted by molar-refractivity contribution is 0.0600. The highest BCUT2D eigenvalue weighted by Gasteiger charge is 2.30. The van der Waals surface area contributed by atoms with Crippen molar-refractivity contribution in [2.45, 2.75) is 6.04 Å². The van der Waals surface area contributed by atoms with E-state index in [4.69, 9.17) is 19.9 Å². The minimum absolute atomic E-state index is 0.255. The first-order chi connectivity index (χ1) is 15.1. The molecule has 1 aliphatic carbocycles. The van der Waals surface area contributed by atoms with E-state index in [0.29, 0.717) is 17.1 Å². The molecule has 0 saturated carbocycles. The van der Waals surface area contributed by atoms with E-state index in [2.05, 4.69) is 0 Å². The zero-order chi connectivity index (χ0) is 21.5. The van der Waals surface area contributed by atoms with Gasteiger partial charge in [-0.05, 0) is 35.2 Å². The summed E-state index contributed by atoms with van der Waals surface area (Å²) < 4.78 is 17.1. The zero-order valence-corrected chi connectivity index (χ0v) is 17.2. The van der Waals surface area contributed by atoms with Gasteiger partial charge in [0.05, 0.1) is 25.2 Å². The minimum Gasteiger partial charge on any atom is -0.496 e. The number of methoxy groups -OCH3 is 2. The Balaban J connectivity index is 1.89. The van der Waals surface area contributed by atoms with Gasteiger partial charge < -0.3 is 19.9 Å². The Bertz CT molecular complexity index is 1320. The maximum Gasteiger partial charge on any atom is 0.338 e. The van der Waals surface area contributed by atoms with E-state index < -0.39 is 5.97 Å². The largest absolute Gasteiger partial charge is 0.496 e. The van der Waals surface area contributed by atoms with Crippen molar-refractivity contribution in [3.63, 3.8) is 0 Å². The molecule has 1 heterocycles. The molecule has 0 amide bonds. The van der Waals surface area contributed by atoms with Crippen LogP contribution in [0.2, 0.25) is 0 Å². The highest BCUT2D eigenvalue weighted by atomic mass is 16.5. The summed E-state index contributed by atoms with van der Waals surface area (Å²) in [6, 6.07) is 17.1. The summed E-state index contributed by atoms with van der Waals surface area (Å²) in [5, 5.41) is 1.87. The number of benzene rings is 3. The number of fused-ring (bicyclic) bond motifs is 4. The Labute approximate surface area is 180 Å². The first-order valence-corrected chi connectivity index (χ1v) is 9.98. The second kappa shape index (κ2) is 7.45. The van der Waals surface area contributed by atoms with Gasteiger partial charge in [0.25, 0.3) is 0 Å². The van der Waals surface area contributed by atoms with Crippen LogP contribution in [0.1, 0.15) is 21.5 Å². The number of ether oxygens (including phenoxy) is 3. The minimum atomic E-state index is -0.392. The number of allylic oxidation sites excluding steroid dienone is 1. The van der Waals surface area contributed by atoms with E-state index in [9.17, 15) is 4.79 Å². The summed E-state index contributed by atoms with van der Waals surface area (Å²) in [6.07, 6.45) is 5.75. The van der Waals surface area contributed by atoms with Gasteiger partial charge in [-0.15, -0.1) is 0 Å². The van der Waals surface area contributed by atoms with Crippen molar-refractivity contribution >= 4 is 22.3 Å². The second-order valence-electron chi connectivity index (χ2n) is 7.40. The van der Waals surface area contributed by atoms with E-state index in [1.807, 2.05) is 66.8 Å². The highest BCUT2D eigenvalue weighted by molar-refractivity contribution is 6.05. The van der Waals surface area contributed by atoms with Crippen LogP contribution >= 0.6 is 0 Å². The Hall–Kier alpha value is -3.83. The summed E-state index contributed by atoms with van der Waals surface area (Å²) in [4.78, 5) is 12.6. The van der Waals surface area contributed by atoms with Crippen LogP contribution in [0.25, 0.3) is 16.3 Å². The number of hydrogen-bond acceptors (Lipinski definition) is 5. The summed E-state index contributed by atoms with van der Waals surface area (Å²) in [5.41, 5.74) is 10.1. The average molecular weight is 411 g/mol. The van der Waals surface area contributed by atoms with Gasteiger partial charge in [-0.25, -0.2) is 4.79 Å². The molecule has 1 unspecified atom stereocenters. The number of carbonyl (C=O) groups is 1. The van der Waals surface area contributed by atoms with Crippen molar-refractivity contribution in [2.75, 3.05) is 14.2 Å². The summed E-state index contributed by atoms with van der Waals surface area (Å²) in [6.45, 7) is 0. The third-order valence-electron chi connectivity index (χ3n) is 5.63. The van der Waals surface area contributed by atoms with Crippen molar-refractivity contribution in [3.05, 3.63) is 101 Å². The predicted octanol–water partition coefficient (Wildman–Crippen LogP) is 4.61. The fourth-order valence-corrected chi connectivity index (χ4v) is 4.23. The Morgan fingerprint density at radius 1 is 1.00 bits per heavy atom. The molecule has 5 nitrogen and oxygen atoms in total. The fourth-order valence-electron chi connectivity index (χ4n) is 4.23. The molecule has 3 aromatic rings. The molecule has 0 bridgehead atoms. The molecule has 5 rings (SSSR count). The molecule has 5 heteroatoms. The van der Waals surface area contributed by atoms with E-state index in [0.717, 1.165) is 38.8 Å². The van der Waals surface area contributed by atoms with Crippen LogP contribution in [0.5, 0.6) is 11.5 Å². The number of nitrogens with two attached hydrogens (primary N) is 1. The molecule has 31 heavy (non-hydrogen) atoms. The normalized spacial score (nSPS) is 16.9. The van der Waals surface area contributed by atoms with E-state index >= 15 is 0 Å². The molecule has 1 aliphatic heterocycles. The molecule has 2 N–H and O–H groups in total. The van der Waals surface area contributed by atoms with Crippen LogP contribution in [0.4, 0.5) is 0 Å². The van der Waals surface area contributed by atoms with Gasteiger partial charge in [-0.2, -0.15) is 0 Å².